The number of carbonyl (C=O) groups is 1. The summed E-state index contributed by atoms with van der Waals surface area (Å²) in [6, 6.07) is 17.0. The minimum atomic E-state index is -0.00646. The van der Waals surface area contributed by atoms with Gasteiger partial charge in [0.2, 0.25) is 0 Å². The van der Waals surface area contributed by atoms with Crippen molar-refractivity contribution in [2.75, 3.05) is 31.5 Å². The molecule has 6 nitrogen and oxygen atoms in total. The first-order valence-corrected chi connectivity index (χ1v) is 10.0. The second kappa shape index (κ2) is 8.31. The van der Waals surface area contributed by atoms with Crippen molar-refractivity contribution in [3.05, 3.63) is 65.2 Å². The molecule has 0 spiro atoms. The second-order valence-electron chi connectivity index (χ2n) is 7.77. The predicted molar refractivity (Wildman–Crippen MR) is 112 cm³/mol. The van der Waals surface area contributed by atoms with Gasteiger partial charge in [0.25, 0.3) is 0 Å². The lowest BCUT2D eigenvalue weighted by atomic mass is 10.0. The van der Waals surface area contributed by atoms with Crippen LogP contribution >= 0.6 is 0 Å². The number of piperazine rings is 1. The fraction of sp³-hybridized carbons (Fsp3) is 0.409. The van der Waals surface area contributed by atoms with E-state index in [4.69, 9.17) is 0 Å². The first-order chi connectivity index (χ1) is 13.6. The molecule has 2 aliphatic heterocycles. The minimum absolute atomic E-state index is 0.00646. The number of amides is 2. The van der Waals surface area contributed by atoms with Crippen LogP contribution in [0.15, 0.2) is 48.5 Å². The molecule has 6 heteroatoms. The third-order valence-electron chi connectivity index (χ3n) is 5.76. The molecule has 2 aromatic rings. The van der Waals surface area contributed by atoms with Crippen LogP contribution < -0.4 is 16.2 Å². The van der Waals surface area contributed by atoms with Crippen LogP contribution in [0.2, 0.25) is 0 Å². The number of aryl methyl sites for hydroxylation is 2. The Kier molecular flexibility index (Phi) is 5.62. The van der Waals surface area contributed by atoms with Crippen molar-refractivity contribution < 1.29 is 4.79 Å². The summed E-state index contributed by atoms with van der Waals surface area (Å²) < 4.78 is 0. The Labute approximate surface area is 166 Å². The zero-order valence-electron chi connectivity index (χ0n) is 16.6. The summed E-state index contributed by atoms with van der Waals surface area (Å²) in [5.41, 5.74) is 11.3. The number of hydrogen-bond acceptors (Lipinski definition) is 4. The monoisotopic (exact) mass is 379 g/mol. The van der Waals surface area contributed by atoms with E-state index in [9.17, 15) is 4.79 Å². The molecule has 2 amide bonds. The molecule has 0 radical (unpaired) electrons. The van der Waals surface area contributed by atoms with Crippen LogP contribution in [0, 0.1) is 13.8 Å². The van der Waals surface area contributed by atoms with E-state index in [0.717, 1.165) is 49.4 Å². The zero-order valence-corrected chi connectivity index (χ0v) is 16.6. The highest BCUT2D eigenvalue weighted by molar-refractivity contribution is 5.90. The molecule has 0 aliphatic carbocycles. The Bertz CT molecular complexity index is 817. The first kappa shape index (κ1) is 18.9. The Morgan fingerprint density at radius 3 is 2.50 bits per heavy atom. The van der Waals surface area contributed by atoms with Crippen LogP contribution in [-0.2, 0) is 0 Å². The molecule has 2 unspecified atom stereocenters. The zero-order chi connectivity index (χ0) is 19.5. The Morgan fingerprint density at radius 2 is 1.75 bits per heavy atom. The lowest BCUT2D eigenvalue weighted by Gasteiger charge is -2.37. The summed E-state index contributed by atoms with van der Waals surface area (Å²) in [6.45, 7) is 7.30. The maximum Gasteiger partial charge on any atom is 0.321 e. The highest BCUT2D eigenvalue weighted by Crippen LogP contribution is 2.24. The number of benzene rings is 2. The molecular weight excluding hydrogens is 350 g/mol. The van der Waals surface area contributed by atoms with Crippen molar-refractivity contribution in [1.82, 2.24) is 20.7 Å². The molecule has 2 fully saturated rings. The number of urea groups is 1. The summed E-state index contributed by atoms with van der Waals surface area (Å²) >= 11 is 0. The molecule has 0 aromatic heterocycles. The van der Waals surface area contributed by atoms with Crippen molar-refractivity contribution in [3.8, 4) is 0 Å². The molecule has 0 saturated carbocycles. The molecule has 2 aromatic carbocycles. The fourth-order valence-electron chi connectivity index (χ4n) is 3.98. The third-order valence-corrected chi connectivity index (χ3v) is 5.76. The van der Waals surface area contributed by atoms with Crippen LogP contribution in [0.4, 0.5) is 10.5 Å². The molecule has 2 atom stereocenters. The number of carbonyl (C=O) groups excluding carboxylic acids is 1. The highest BCUT2D eigenvalue weighted by Gasteiger charge is 2.32. The lowest BCUT2D eigenvalue weighted by Crippen LogP contribution is -2.55. The van der Waals surface area contributed by atoms with Gasteiger partial charge in [0.05, 0.1) is 6.17 Å². The number of anilines is 1. The Balaban J connectivity index is 1.29. The van der Waals surface area contributed by atoms with Crippen molar-refractivity contribution in [1.29, 1.82) is 0 Å². The molecule has 28 heavy (non-hydrogen) atoms. The van der Waals surface area contributed by atoms with Crippen molar-refractivity contribution in [2.24, 2.45) is 0 Å². The normalized spacial score (nSPS) is 23.0. The SMILES string of the molecule is Cc1ccc(C)c(NC(=O)N2CCN(C3CC(c4ccccc4)NN3)CC2)c1. The van der Waals surface area contributed by atoms with Gasteiger partial charge in [-0.2, -0.15) is 0 Å². The van der Waals surface area contributed by atoms with Gasteiger partial charge < -0.3 is 10.2 Å². The van der Waals surface area contributed by atoms with E-state index in [0.29, 0.717) is 12.2 Å². The van der Waals surface area contributed by atoms with E-state index in [1.54, 1.807) is 0 Å². The second-order valence-corrected chi connectivity index (χ2v) is 7.77. The molecule has 148 valence electrons. The summed E-state index contributed by atoms with van der Waals surface area (Å²) in [7, 11) is 0. The topological polar surface area (TPSA) is 59.6 Å². The number of rotatable bonds is 3. The minimum Gasteiger partial charge on any atom is -0.322 e. The number of hydrazine groups is 1. The van der Waals surface area contributed by atoms with E-state index in [2.05, 4.69) is 51.4 Å². The molecule has 2 heterocycles. The van der Waals surface area contributed by atoms with Gasteiger partial charge in [-0.1, -0.05) is 42.5 Å². The van der Waals surface area contributed by atoms with Gasteiger partial charge in [-0.15, -0.1) is 0 Å². The fourth-order valence-corrected chi connectivity index (χ4v) is 3.98. The average Bonchev–Trinajstić information content (AvgIpc) is 3.22. The quantitative estimate of drug-likeness (QED) is 0.767. The standard InChI is InChI=1S/C22H29N5O/c1-16-8-9-17(2)19(14-16)23-22(28)27-12-10-26(11-13-27)21-15-20(24-25-21)18-6-4-3-5-7-18/h3-9,14,20-21,24-25H,10-13,15H2,1-2H3,(H,23,28). The van der Waals surface area contributed by atoms with Gasteiger partial charge in [0.15, 0.2) is 0 Å². The van der Waals surface area contributed by atoms with Gasteiger partial charge >= 0.3 is 6.03 Å². The van der Waals surface area contributed by atoms with Crippen LogP contribution in [-0.4, -0.2) is 48.2 Å². The maximum absolute atomic E-state index is 12.7. The van der Waals surface area contributed by atoms with Gasteiger partial charge in [-0.05, 0) is 43.0 Å². The molecule has 2 aliphatic rings. The van der Waals surface area contributed by atoms with Crippen molar-refractivity contribution >= 4 is 11.7 Å². The Morgan fingerprint density at radius 1 is 1.00 bits per heavy atom. The molecule has 2 saturated heterocycles. The molecular formula is C22H29N5O. The van der Waals surface area contributed by atoms with E-state index in [-0.39, 0.29) is 6.03 Å². The predicted octanol–water partition coefficient (Wildman–Crippen LogP) is 3.02. The van der Waals surface area contributed by atoms with Crippen LogP contribution in [0.1, 0.15) is 29.2 Å². The summed E-state index contributed by atoms with van der Waals surface area (Å²) in [5.74, 6) is 0. The lowest BCUT2D eigenvalue weighted by molar-refractivity contribution is 0.103. The van der Waals surface area contributed by atoms with Crippen LogP contribution in [0.3, 0.4) is 0 Å². The van der Waals surface area contributed by atoms with Gasteiger partial charge in [-0.25, -0.2) is 15.6 Å². The van der Waals surface area contributed by atoms with E-state index in [1.807, 2.05) is 36.9 Å². The Hall–Kier alpha value is -2.41. The maximum atomic E-state index is 12.7. The van der Waals surface area contributed by atoms with Gasteiger partial charge in [0, 0.05) is 37.9 Å². The van der Waals surface area contributed by atoms with Crippen molar-refractivity contribution in [2.45, 2.75) is 32.5 Å². The van der Waals surface area contributed by atoms with E-state index < -0.39 is 0 Å². The third kappa shape index (κ3) is 4.19. The number of nitrogens with zero attached hydrogens (tertiary/aromatic N) is 2. The van der Waals surface area contributed by atoms with Crippen molar-refractivity contribution in [3.63, 3.8) is 0 Å². The summed E-state index contributed by atoms with van der Waals surface area (Å²) in [6.07, 6.45) is 1.33. The van der Waals surface area contributed by atoms with E-state index >= 15 is 0 Å². The smallest absolute Gasteiger partial charge is 0.321 e. The summed E-state index contributed by atoms with van der Waals surface area (Å²) in [4.78, 5) is 17.0. The molecule has 0 bridgehead atoms. The van der Waals surface area contributed by atoms with Gasteiger partial charge in [0.1, 0.15) is 0 Å². The number of nitrogens with one attached hydrogen (secondary N) is 3. The van der Waals surface area contributed by atoms with Gasteiger partial charge in [-0.3, -0.25) is 4.90 Å². The average molecular weight is 380 g/mol. The van der Waals surface area contributed by atoms with E-state index in [1.165, 1.54) is 5.56 Å². The van der Waals surface area contributed by atoms with Crippen LogP contribution in [0.25, 0.3) is 0 Å². The highest BCUT2D eigenvalue weighted by atomic mass is 16.2. The number of hydrogen-bond donors (Lipinski definition) is 3. The first-order valence-electron chi connectivity index (χ1n) is 10.0. The molecule has 4 rings (SSSR count). The largest absolute Gasteiger partial charge is 0.322 e. The van der Waals surface area contributed by atoms with Crippen LogP contribution in [0.5, 0.6) is 0 Å². The summed E-state index contributed by atoms with van der Waals surface area (Å²) in [5, 5.41) is 3.07. The molecule has 3 N–H and O–H groups in total.